The van der Waals surface area contributed by atoms with Crippen molar-refractivity contribution in [1.29, 1.82) is 0 Å². The third-order valence-electron chi connectivity index (χ3n) is 4.80. The third-order valence-corrected chi connectivity index (χ3v) is 4.80. The van der Waals surface area contributed by atoms with E-state index in [0.29, 0.717) is 17.9 Å². The van der Waals surface area contributed by atoms with Crippen LogP contribution < -0.4 is 5.32 Å². The fourth-order valence-corrected chi connectivity index (χ4v) is 3.54. The van der Waals surface area contributed by atoms with Crippen molar-refractivity contribution in [3.63, 3.8) is 0 Å². The summed E-state index contributed by atoms with van der Waals surface area (Å²) >= 11 is 0. The lowest BCUT2D eigenvalue weighted by Gasteiger charge is -2.38. The molecule has 3 aliphatic rings. The van der Waals surface area contributed by atoms with Crippen LogP contribution in [0.1, 0.15) is 18.2 Å². The minimum Gasteiger partial charge on any atom is -0.390 e. The lowest BCUT2D eigenvalue weighted by molar-refractivity contribution is -0.0681. The molecule has 2 aromatic rings. The van der Waals surface area contributed by atoms with Crippen LogP contribution in [0.3, 0.4) is 0 Å². The van der Waals surface area contributed by atoms with Crippen molar-refractivity contribution in [1.82, 2.24) is 15.1 Å². The van der Waals surface area contributed by atoms with Gasteiger partial charge in [-0.15, -0.1) is 10.2 Å². The topological polar surface area (TPSA) is 96.8 Å². The fraction of sp³-hybridized carbons (Fsp3) is 0.353. The number of benzene rings is 1. The van der Waals surface area contributed by atoms with Gasteiger partial charge in [-0.3, -0.25) is 10.2 Å². The molecule has 0 saturated carbocycles. The van der Waals surface area contributed by atoms with Gasteiger partial charge in [0.15, 0.2) is 12.0 Å². The summed E-state index contributed by atoms with van der Waals surface area (Å²) in [5, 5.41) is 21.1. The summed E-state index contributed by atoms with van der Waals surface area (Å²) in [5.41, 5.74) is 2.37. The van der Waals surface area contributed by atoms with E-state index in [2.05, 4.69) is 15.5 Å². The van der Waals surface area contributed by atoms with Gasteiger partial charge in [0.05, 0.1) is 18.4 Å². The van der Waals surface area contributed by atoms with Gasteiger partial charge in [-0.05, 0) is 6.07 Å². The number of aromatic nitrogens is 2. The summed E-state index contributed by atoms with van der Waals surface area (Å²) in [6.07, 6.45) is -1.80. The zero-order valence-corrected chi connectivity index (χ0v) is 13.2. The normalized spacial score (nSPS) is 30.3. The molecule has 0 aliphatic carbocycles. The molecule has 2 fully saturated rings. The number of urea groups is 1. The van der Waals surface area contributed by atoms with Crippen LogP contribution in [0.5, 0.6) is 0 Å². The molecule has 0 radical (unpaired) electrons. The molecule has 2 bridgehead atoms. The average molecular weight is 340 g/mol. The van der Waals surface area contributed by atoms with Crippen molar-refractivity contribution in [2.75, 3.05) is 11.9 Å². The molecule has 5 rings (SSSR count). The van der Waals surface area contributed by atoms with Gasteiger partial charge in [0.2, 0.25) is 0 Å². The average Bonchev–Trinajstić information content (AvgIpc) is 2.87. The predicted octanol–water partition coefficient (Wildman–Crippen LogP) is 1.50. The molecule has 1 aromatic heterocycles. The first-order valence-electron chi connectivity index (χ1n) is 8.18. The van der Waals surface area contributed by atoms with Gasteiger partial charge in [-0.2, -0.15) is 0 Å². The number of fused-ring (bicyclic) bond motifs is 6. The number of hydrogen-bond acceptors (Lipinski definition) is 6. The summed E-state index contributed by atoms with van der Waals surface area (Å²) < 4.78 is 11.7. The number of nitrogens with zero attached hydrogens (tertiary/aromatic N) is 3. The van der Waals surface area contributed by atoms with Crippen LogP contribution in [0.25, 0.3) is 11.3 Å². The number of carbonyl (C=O) groups excluding carboxylic acids is 1. The van der Waals surface area contributed by atoms with Gasteiger partial charge in [0, 0.05) is 17.5 Å². The molecule has 3 aliphatic heterocycles. The molecule has 1 unspecified atom stereocenters. The number of aliphatic hydroxyl groups is 1. The van der Waals surface area contributed by atoms with Gasteiger partial charge >= 0.3 is 6.03 Å². The number of amides is 2. The zero-order valence-electron chi connectivity index (χ0n) is 13.2. The number of ether oxygens (including phenoxy) is 2. The van der Waals surface area contributed by atoms with E-state index in [1.54, 1.807) is 0 Å². The lowest BCUT2D eigenvalue weighted by Crippen LogP contribution is -2.49. The van der Waals surface area contributed by atoms with Crippen molar-refractivity contribution in [3.8, 4) is 11.3 Å². The zero-order chi connectivity index (χ0) is 17.0. The molecular formula is C17H16N4O4. The molecule has 2 amide bonds. The number of carbonyl (C=O) groups is 1. The van der Waals surface area contributed by atoms with Crippen molar-refractivity contribution in [2.45, 2.75) is 31.1 Å². The van der Waals surface area contributed by atoms with Gasteiger partial charge in [-0.1, -0.05) is 30.3 Å². The summed E-state index contributed by atoms with van der Waals surface area (Å²) in [4.78, 5) is 14.0. The van der Waals surface area contributed by atoms with E-state index in [-0.39, 0.29) is 12.6 Å². The van der Waals surface area contributed by atoms with Crippen molar-refractivity contribution in [2.24, 2.45) is 0 Å². The smallest absolute Gasteiger partial charge is 0.327 e. The Morgan fingerprint density at radius 2 is 2.08 bits per heavy atom. The SMILES string of the molecule is O=C1Nc2nnc(-c3ccccc3)cc2C2OC[C@H]3O[C@H](C[C@@H]3O)N12. The molecule has 8 heteroatoms. The Bertz CT molecular complexity index is 831. The molecule has 0 spiro atoms. The van der Waals surface area contributed by atoms with Crippen LogP contribution >= 0.6 is 0 Å². The van der Waals surface area contributed by atoms with Gasteiger partial charge in [-0.25, -0.2) is 4.79 Å². The Labute approximate surface area is 143 Å². The van der Waals surface area contributed by atoms with Crippen LogP contribution in [0.4, 0.5) is 10.6 Å². The van der Waals surface area contributed by atoms with E-state index in [0.717, 1.165) is 11.1 Å². The van der Waals surface area contributed by atoms with Gasteiger partial charge in [0.1, 0.15) is 12.3 Å². The highest BCUT2D eigenvalue weighted by Crippen LogP contribution is 2.41. The maximum atomic E-state index is 12.5. The number of rotatable bonds is 1. The van der Waals surface area contributed by atoms with Crippen LogP contribution in [0.2, 0.25) is 0 Å². The van der Waals surface area contributed by atoms with Crippen molar-refractivity contribution < 1.29 is 19.4 Å². The first-order valence-corrected chi connectivity index (χ1v) is 8.18. The van der Waals surface area contributed by atoms with E-state index < -0.39 is 24.7 Å². The third kappa shape index (κ3) is 2.30. The fourth-order valence-electron chi connectivity index (χ4n) is 3.54. The maximum absolute atomic E-state index is 12.5. The number of aliphatic hydroxyl groups excluding tert-OH is 1. The van der Waals surface area contributed by atoms with Crippen LogP contribution in [-0.2, 0) is 9.47 Å². The van der Waals surface area contributed by atoms with E-state index in [1.807, 2.05) is 36.4 Å². The summed E-state index contributed by atoms with van der Waals surface area (Å²) in [6, 6.07) is 11.2. The largest absolute Gasteiger partial charge is 0.390 e. The molecule has 4 heterocycles. The number of anilines is 1. The Hall–Kier alpha value is -2.55. The lowest BCUT2D eigenvalue weighted by atomic mass is 10.1. The highest BCUT2D eigenvalue weighted by Gasteiger charge is 2.48. The van der Waals surface area contributed by atoms with Crippen LogP contribution in [-0.4, -0.2) is 51.3 Å². The van der Waals surface area contributed by atoms with Gasteiger partial charge < -0.3 is 14.6 Å². The quantitative estimate of drug-likeness (QED) is 0.816. The molecule has 2 N–H and O–H groups in total. The number of hydrogen-bond donors (Lipinski definition) is 2. The number of nitrogens with one attached hydrogen (secondary N) is 1. The molecule has 2 saturated heterocycles. The molecule has 1 aromatic carbocycles. The molecular weight excluding hydrogens is 324 g/mol. The first kappa shape index (κ1) is 14.8. The molecule has 8 nitrogen and oxygen atoms in total. The summed E-state index contributed by atoms with van der Waals surface area (Å²) in [7, 11) is 0. The summed E-state index contributed by atoms with van der Waals surface area (Å²) in [6.45, 7) is 0.217. The molecule has 25 heavy (non-hydrogen) atoms. The maximum Gasteiger partial charge on any atom is 0.327 e. The second-order valence-corrected chi connectivity index (χ2v) is 6.35. The Morgan fingerprint density at radius 3 is 2.92 bits per heavy atom. The molecule has 128 valence electrons. The van der Waals surface area contributed by atoms with Crippen molar-refractivity contribution in [3.05, 3.63) is 42.0 Å². The molecule has 4 atom stereocenters. The first-order chi connectivity index (χ1) is 12.2. The monoisotopic (exact) mass is 340 g/mol. The Balaban J connectivity index is 1.57. The van der Waals surface area contributed by atoms with E-state index >= 15 is 0 Å². The highest BCUT2D eigenvalue weighted by molar-refractivity contribution is 5.92. The van der Waals surface area contributed by atoms with E-state index in [1.165, 1.54) is 4.90 Å². The standard InChI is InChI=1S/C17H16N4O4/c22-12-7-14-21-16(24-8-13(12)25-14)10-6-11(9-4-2-1-3-5-9)19-20-15(10)18-17(21)23/h1-6,12-14,16,22H,7-8H2,(H,18,20,23)/t12-,13+,14+,16?/m0/s1. The van der Waals surface area contributed by atoms with Gasteiger partial charge in [0.25, 0.3) is 0 Å². The van der Waals surface area contributed by atoms with Crippen LogP contribution in [0.15, 0.2) is 36.4 Å². The Kier molecular flexibility index (Phi) is 3.24. The highest BCUT2D eigenvalue weighted by atomic mass is 16.6. The van der Waals surface area contributed by atoms with Crippen LogP contribution in [0, 0.1) is 0 Å². The van der Waals surface area contributed by atoms with E-state index in [4.69, 9.17) is 9.47 Å². The predicted molar refractivity (Wildman–Crippen MR) is 86.3 cm³/mol. The van der Waals surface area contributed by atoms with E-state index in [9.17, 15) is 9.90 Å². The Morgan fingerprint density at radius 1 is 1.24 bits per heavy atom. The minimum absolute atomic E-state index is 0.217. The van der Waals surface area contributed by atoms with Crippen molar-refractivity contribution >= 4 is 11.8 Å². The summed E-state index contributed by atoms with van der Waals surface area (Å²) in [5.74, 6) is 0.393. The minimum atomic E-state index is -0.629. The second-order valence-electron chi connectivity index (χ2n) is 6.35. The second kappa shape index (κ2) is 5.48.